The lowest BCUT2D eigenvalue weighted by Crippen LogP contribution is -2.01. The van der Waals surface area contributed by atoms with Crippen LogP contribution in [0.4, 0.5) is 5.69 Å². The summed E-state index contributed by atoms with van der Waals surface area (Å²) in [6.45, 7) is 0. The summed E-state index contributed by atoms with van der Waals surface area (Å²) >= 11 is 5.58. The molecule has 1 rings (SSSR count). The normalized spacial score (nSPS) is 9.57. The minimum absolute atomic E-state index is 0.0853. The van der Waals surface area contributed by atoms with Gasteiger partial charge in [0.2, 0.25) is 0 Å². The average molecular weight is 216 g/mol. The quantitative estimate of drug-likeness (QED) is 0.430. The number of carbonyl (C=O) groups is 1. The Morgan fingerprint density at radius 3 is 2.64 bits per heavy atom. The van der Waals surface area contributed by atoms with Crippen LogP contribution in [-0.4, -0.2) is 18.0 Å². The summed E-state index contributed by atoms with van der Waals surface area (Å²) in [6, 6.07) is 3.65. The molecule has 0 N–H and O–H groups in total. The van der Waals surface area contributed by atoms with Gasteiger partial charge in [0, 0.05) is 6.07 Å². The van der Waals surface area contributed by atoms with E-state index in [2.05, 4.69) is 4.74 Å². The first-order valence-corrected chi connectivity index (χ1v) is 3.96. The van der Waals surface area contributed by atoms with Crippen molar-refractivity contribution in [3.63, 3.8) is 0 Å². The van der Waals surface area contributed by atoms with E-state index in [1.165, 1.54) is 19.2 Å². The lowest BCUT2D eigenvalue weighted by Gasteiger charge is -1.99. The summed E-state index contributed by atoms with van der Waals surface area (Å²) in [7, 11) is 1.22. The molecule has 0 aromatic heterocycles. The van der Waals surface area contributed by atoms with Crippen LogP contribution in [0.3, 0.4) is 0 Å². The fraction of sp³-hybridized carbons (Fsp3) is 0.125. The van der Waals surface area contributed by atoms with Gasteiger partial charge < -0.3 is 4.74 Å². The predicted octanol–water partition coefficient (Wildman–Crippen LogP) is 2.03. The Bertz CT molecular complexity index is 391. The molecule has 0 atom stereocenters. The number of nitro benzene ring substituents is 1. The Morgan fingerprint density at radius 2 is 2.21 bits per heavy atom. The van der Waals surface area contributed by atoms with Crippen molar-refractivity contribution in [2.24, 2.45) is 0 Å². The van der Waals surface area contributed by atoms with Crippen LogP contribution in [-0.2, 0) is 4.74 Å². The number of ether oxygens (including phenoxy) is 1. The van der Waals surface area contributed by atoms with Gasteiger partial charge in [-0.25, -0.2) is 4.79 Å². The van der Waals surface area contributed by atoms with Crippen LogP contribution < -0.4 is 0 Å². The summed E-state index contributed by atoms with van der Waals surface area (Å²) in [6.07, 6.45) is 0. The molecule has 0 amide bonds. The van der Waals surface area contributed by atoms with Crippen molar-refractivity contribution in [2.75, 3.05) is 7.11 Å². The number of hydrogen-bond donors (Lipinski definition) is 0. The largest absolute Gasteiger partial charge is 0.465 e. The lowest BCUT2D eigenvalue weighted by molar-refractivity contribution is -0.384. The monoisotopic (exact) mass is 215 g/mol. The van der Waals surface area contributed by atoms with E-state index in [1.807, 2.05) is 0 Å². The van der Waals surface area contributed by atoms with Gasteiger partial charge in [-0.15, -0.1) is 0 Å². The van der Waals surface area contributed by atoms with Gasteiger partial charge in [-0.3, -0.25) is 10.1 Å². The maximum Gasteiger partial charge on any atom is 0.337 e. The first-order chi connectivity index (χ1) is 6.56. The molecule has 0 aliphatic carbocycles. The second kappa shape index (κ2) is 4.06. The van der Waals surface area contributed by atoms with Gasteiger partial charge in [0.15, 0.2) is 0 Å². The molecule has 0 aliphatic heterocycles. The molecule has 0 fully saturated rings. The third kappa shape index (κ3) is 2.00. The van der Waals surface area contributed by atoms with Gasteiger partial charge in [-0.1, -0.05) is 11.6 Å². The Kier molecular flexibility index (Phi) is 3.03. The standard InChI is InChI=1S/C8H6ClNO4/c1-14-8(11)5-2-3-7(10(12)13)6(9)4-5/h2-4H,1H3. The zero-order chi connectivity index (χ0) is 10.7. The molecule has 0 bridgehead atoms. The first kappa shape index (κ1) is 10.5. The molecule has 1 aromatic carbocycles. The van der Waals surface area contributed by atoms with Crippen molar-refractivity contribution in [1.82, 2.24) is 0 Å². The summed E-state index contributed by atoms with van der Waals surface area (Å²) in [5, 5.41) is 10.3. The molecule has 1 aromatic rings. The highest BCUT2D eigenvalue weighted by atomic mass is 35.5. The Hall–Kier alpha value is -1.62. The predicted molar refractivity (Wildman–Crippen MR) is 49.4 cm³/mol. The van der Waals surface area contributed by atoms with Crippen LogP contribution >= 0.6 is 11.6 Å². The van der Waals surface area contributed by atoms with E-state index >= 15 is 0 Å². The van der Waals surface area contributed by atoms with E-state index < -0.39 is 10.9 Å². The molecule has 0 unspecified atom stereocenters. The Morgan fingerprint density at radius 1 is 1.57 bits per heavy atom. The van der Waals surface area contributed by atoms with E-state index in [0.717, 1.165) is 6.07 Å². The van der Waals surface area contributed by atoms with E-state index in [-0.39, 0.29) is 16.3 Å². The molecule has 0 aliphatic rings. The SMILES string of the molecule is COC(=O)c1ccc([N+](=O)[O-])c(Cl)c1. The van der Waals surface area contributed by atoms with Crippen LogP contribution in [0.25, 0.3) is 0 Å². The zero-order valence-corrected chi connectivity index (χ0v) is 7.95. The fourth-order valence-electron chi connectivity index (χ4n) is 0.900. The topological polar surface area (TPSA) is 69.4 Å². The smallest absolute Gasteiger partial charge is 0.337 e. The maximum atomic E-state index is 11.0. The van der Waals surface area contributed by atoms with Crippen molar-refractivity contribution >= 4 is 23.3 Å². The number of esters is 1. The number of hydrogen-bond acceptors (Lipinski definition) is 4. The Balaban J connectivity index is 3.12. The van der Waals surface area contributed by atoms with Gasteiger partial charge in [0.25, 0.3) is 5.69 Å². The van der Waals surface area contributed by atoms with Crippen molar-refractivity contribution < 1.29 is 14.5 Å². The summed E-state index contributed by atoms with van der Waals surface area (Å²) < 4.78 is 4.42. The van der Waals surface area contributed by atoms with E-state index in [0.29, 0.717) is 0 Å². The van der Waals surface area contributed by atoms with Crippen LogP contribution in [0.15, 0.2) is 18.2 Å². The number of benzene rings is 1. The van der Waals surface area contributed by atoms with E-state index in [4.69, 9.17) is 11.6 Å². The highest BCUT2D eigenvalue weighted by Gasteiger charge is 2.15. The number of carbonyl (C=O) groups excluding carboxylic acids is 1. The second-order valence-electron chi connectivity index (χ2n) is 2.41. The van der Waals surface area contributed by atoms with Crippen molar-refractivity contribution in [3.8, 4) is 0 Å². The van der Waals surface area contributed by atoms with Gasteiger partial charge in [-0.05, 0) is 12.1 Å². The molecule has 5 nitrogen and oxygen atoms in total. The van der Waals surface area contributed by atoms with Crippen molar-refractivity contribution in [2.45, 2.75) is 0 Å². The van der Waals surface area contributed by atoms with Crippen LogP contribution in [0, 0.1) is 10.1 Å². The third-order valence-corrected chi connectivity index (χ3v) is 1.87. The van der Waals surface area contributed by atoms with Crippen molar-refractivity contribution in [1.29, 1.82) is 0 Å². The number of nitro groups is 1. The van der Waals surface area contributed by atoms with Gasteiger partial charge in [0.1, 0.15) is 5.02 Å². The lowest BCUT2D eigenvalue weighted by atomic mass is 10.2. The van der Waals surface area contributed by atoms with E-state index in [9.17, 15) is 14.9 Å². The second-order valence-corrected chi connectivity index (χ2v) is 2.82. The number of rotatable bonds is 2. The molecule has 0 saturated heterocycles. The molecular formula is C8H6ClNO4. The summed E-state index contributed by atoms with van der Waals surface area (Å²) in [4.78, 5) is 20.8. The van der Waals surface area contributed by atoms with Crippen LogP contribution in [0.2, 0.25) is 5.02 Å². The zero-order valence-electron chi connectivity index (χ0n) is 7.19. The van der Waals surface area contributed by atoms with Gasteiger partial charge in [-0.2, -0.15) is 0 Å². The van der Waals surface area contributed by atoms with Gasteiger partial charge in [0.05, 0.1) is 17.6 Å². The fourth-order valence-corrected chi connectivity index (χ4v) is 1.15. The molecule has 0 radical (unpaired) electrons. The first-order valence-electron chi connectivity index (χ1n) is 3.58. The number of methoxy groups -OCH3 is 1. The molecule has 6 heteroatoms. The molecule has 0 saturated carbocycles. The number of halogens is 1. The molecule has 0 spiro atoms. The van der Waals surface area contributed by atoms with Gasteiger partial charge >= 0.3 is 5.97 Å². The van der Waals surface area contributed by atoms with Crippen LogP contribution in [0.1, 0.15) is 10.4 Å². The summed E-state index contributed by atoms with van der Waals surface area (Å²) in [5.41, 5.74) is -0.0533. The minimum Gasteiger partial charge on any atom is -0.465 e. The highest BCUT2D eigenvalue weighted by molar-refractivity contribution is 6.33. The summed E-state index contributed by atoms with van der Waals surface area (Å²) in [5.74, 6) is -0.582. The molecule has 14 heavy (non-hydrogen) atoms. The highest BCUT2D eigenvalue weighted by Crippen LogP contribution is 2.25. The molecule has 74 valence electrons. The van der Waals surface area contributed by atoms with E-state index in [1.54, 1.807) is 0 Å². The maximum absolute atomic E-state index is 11.0. The average Bonchev–Trinajstić information content (AvgIpc) is 2.15. The third-order valence-electron chi connectivity index (χ3n) is 1.57. The molecule has 0 heterocycles. The van der Waals surface area contributed by atoms with Crippen molar-refractivity contribution in [3.05, 3.63) is 38.9 Å². The van der Waals surface area contributed by atoms with Crippen LogP contribution in [0.5, 0.6) is 0 Å². The number of nitrogens with zero attached hydrogens (tertiary/aromatic N) is 1. The molecular weight excluding hydrogens is 210 g/mol. The minimum atomic E-state index is -0.622. The Labute approximate surface area is 84.4 Å².